The zero-order valence-electron chi connectivity index (χ0n) is 11.9. The predicted molar refractivity (Wildman–Crippen MR) is 74.7 cm³/mol. The van der Waals surface area contributed by atoms with Gasteiger partial charge in [0.05, 0.1) is 0 Å². The zero-order chi connectivity index (χ0) is 13.7. The number of rotatable bonds is 6. The van der Waals surface area contributed by atoms with E-state index in [4.69, 9.17) is 5.73 Å². The van der Waals surface area contributed by atoms with E-state index in [1.807, 2.05) is 12.1 Å². The summed E-state index contributed by atoms with van der Waals surface area (Å²) in [5.41, 5.74) is 7.27. The molecule has 18 heavy (non-hydrogen) atoms. The van der Waals surface area contributed by atoms with Gasteiger partial charge in [-0.1, -0.05) is 26.0 Å². The molecule has 0 unspecified atom stereocenters. The summed E-state index contributed by atoms with van der Waals surface area (Å²) in [4.78, 5) is 2.40. The molecule has 1 aromatic carbocycles. The van der Waals surface area contributed by atoms with Crippen LogP contribution in [-0.2, 0) is 13.1 Å². The second kappa shape index (κ2) is 6.86. The van der Waals surface area contributed by atoms with Gasteiger partial charge < -0.3 is 5.73 Å². The Hall–Kier alpha value is -0.930. The van der Waals surface area contributed by atoms with Crippen LogP contribution in [0.2, 0.25) is 0 Å². The molecule has 0 spiro atoms. The first-order chi connectivity index (χ1) is 8.43. The Kier molecular flexibility index (Phi) is 5.76. The molecule has 0 bridgehead atoms. The van der Waals surface area contributed by atoms with E-state index >= 15 is 0 Å². The van der Waals surface area contributed by atoms with Gasteiger partial charge in [0.15, 0.2) is 0 Å². The summed E-state index contributed by atoms with van der Waals surface area (Å²) in [6.07, 6.45) is 0. The average Bonchev–Trinajstić information content (AvgIpc) is 2.29. The van der Waals surface area contributed by atoms with Crippen LogP contribution in [0, 0.1) is 11.7 Å². The monoisotopic (exact) mass is 252 g/mol. The lowest BCUT2D eigenvalue weighted by Gasteiger charge is -2.28. The molecule has 0 aliphatic heterocycles. The lowest BCUT2D eigenvalue weighted by atomic mass is 10.1. The molecule has 0 heterocycles. The molecule has 1 rings (SSSR count). The number of hydrogen-bond donors (Lipinski definition) is 1. The van der Waals surface area contributed by atoms with Crippen molar-refractivity contribution in [1.29, 1.82) is 0 Å². The molecule has 0 saturated carbocycles. The number of nitrogens with zero attached hydrogens (tertiary/aromatic N) is 1. The second-order valence-electron chi connectivity index (χ2n) is 5.55. The zero-order valence-corrected chi connectivity index (χ0v) is 11.9. The summed E-state index contributed by atoms with van der Waals surface area (Å²) in [5, 5.41) is 0. The smallest absolute Gasteiger partial charge is 0.127 e. The SMILES string of the molecule is CC(C)CN(Cc1ccc(F)c(CN)c1)C(C)C. The number of benzene rings is 1. The lowest BCUT2D eigenvalue weighted by molar-refractivity contribution is 0.189. The molecule has 0 aliphatic rings. The highest BCUT2D eigenvalue weighted by atomic mass is 19.1. The predicted octanol–water partition coefficient (Wildman–Crippen LogP) is 3.15. The molecule has 0 aliphatic carbocycles. The van der Waals surface area contributed by atoms with Crippen molar-refractivity contribution in [2.24, 2.45) is 11.7 Å². The van der Waals surface area contributed by atoms with Gasteiger partial charge in [0.25, 0.3) is 0 Å². The lowest BCUT2D eigenvalue weighted by Crippen LogP contribution is -2.33. The van der Waals surface area contributed by atoms with Crippen molar-refractivity contribution in [3.05, 3.63) is 35.1 Å². The molecule has 0 saturated heterocycles. The largest absolute Gasteiger partial charge is 0.326 e. The van der Waals surface area contributed by atoms with Gasteiger partial charge in [0.2, 0.25) is 0 Å². The van der Waals surface area contributed by atoms with E-state index in [-0.39, 0.29) is 12.4 Å². The number of halogens is 1. The van der Waals surface area contributed by atoms with Crippen LogP contribution in [0.25, 0.3) is 0 Å². The summed E-state index contributed by atoms with van der Waals surface area (Å²) in [5.74, 6) is 0.419. The fourth-order valence-electron chi connectivity index (χ4n) is 2.04. The summed E-state index contributed by atoms with van der Waals surface area (Å²) >= 11 is 0. The Morgan fingerprint density at radius 2 is 1.89 bits per heavy atom. The Balaban J connectivity index is 2.80. The molecule has 0 radical (unpaired) electrons. The van der Waals surface area contributed by atoms with Crippen LogP contribution in [0.5, 0.6) is 0 Å². The molecule has 0 amide bonds. The van der Waals surface area contributed by atoms with Crippen LogP contribution in [-0.4, -0.2) is 17.5 Å². The quantitative estimate of drug-likeness (QED) is 0.842. The van der Waals surface area contributed by atoms with Gasteiger partial charge in [-0.05, 0) is 31.4 Å². The molecule has 0 aromatic heterocycles. The third-order valence-electron chi connectivity index (χ3n) is 3.05. The average molecular weight is 252 g/mol. The Morgan fingerprint density at radius 1 is 1.22 bits per heavy atom. The molecule has 0 atom stereocenters. The van der Waals surface area contributed by atoms with E-state index in [0.29, 0.717) is 17.5 Å². The van der Waals surface area contributed by atoms with Gasteiger partial charge in [-0.2, -0.15) is 0 Å². The van der Waals surface area contributed by atoms with Gasteiger partial charge in [-0.3, -0.25) is 4.90 Å². The van der Waals surface area contributed by atoms with E-state index in [2.05, 4.69) is 32.6 Å². The van der Waals surface area contributed by atoms with Crippen molar-refractivity contribution < 1.29 is 4.39 Å². The molecule has 0 fully saturated rings. The molecular formula is C15H25FN2. The first kappa shape index (κ1) is 15.1. The summed E-state index contributed by atoms with van der Waals surface area (Å²) in [6, 6.07) is 5.74. The van der Waals surface area contributed by atoms with Crippen LogP contribution < -0.4 is 5.73 Å². The van der Waals surface area contributed by atoms with Gasteiger partial charge >= 0.3 is 0 Å². The third-order valence-corrected chi connectivity index (χ3v) is 3.05. The van der Waals surface area contributed by atoms with Crippen molar-refractivity contribution in [2.75, 3.05) is 6.54 Å². The van der Waals surface area contributed by atoms with Gasteiger partial charge in [0.1, 0.15) is 5.82 Å². The maximum Gasteiger partial charge on any atom is 0.127 e. The topological polar surface area (TPSA) is 29.3 Å². The summed E-state index contributed by atoms with van der Waals surface area (Å²) in [6.45, 7) is 11.0. The van der Waals surface area contributed by atoms with Crippen LogP contribution >= 0.6 is 0 Å². The maximum atomic E-state index is 13.4. The first-order valence-corrected chi connectivity index (χ1v) is 6.65. The molecule has 2 nitrogen and oxygen atoms in total. The fourth-order valence-corrected chi connectivity index (χ4v) is 2.04. The second-order valence-corrected chi connectivity index (χ2v) is 5.55. The highest BCUT2D eigenvalue weighted by molar-refractivity contribution is 5.25. The van der Waals surface area contributed by atoms with Crippen LogP contribution in [0.3, 0.4) is 0 Å². The molecular weight excluding hydrogens is 227 g/mol. The van der Waals surface area contributed by atoms with Gasteiger partial charge in [0, 0.05) is 31.2 Å². The first-order valence-electron chi connectivity index (χ1n) is 6.65. The van der Waals surface area contributed by atoms with Gasteiger partial charge in [-0.15, -0.1) is 0 Å². The highest BCUT2D eigenvalue weighted by Crippen LogP contribution is 2.14. The standard InChI is InChI=1S/C15H25FN2/c1-11(2)9-18(12(3)4)10-13-5-6-15(16)14(7-13)8-17/h5-7,11-12H,8-10,17H2,1-4H3. The number of nitrogens with two attached hydrogens (primary N) is 1. The molecule has 3 heteroatoms. The van der Waals surface area contributed by atoms with Crippen molar-refractivity contribution in [3.63, 3.8) is 0 Å². The van der Waals surface area contributed by atoms with Gasteiger partial charge in [-0.25, -0.2) is 4.39 Å². The Morgan fingerprint density at radius 3 is 2.39 bits per heavy atom. The Bertz CT molecular complexity index is 375. The fraction of sp³-hybridized carbons (Fsp3) is 0.600. The molecule has 102 valence electrons. The minimum atomic E-state index is -0.207. The third kappa shape index (κ3) is 4.39. The highest BCUT2D eigenvalue weighted by Gasteiger charge is 2.12. The van der Waals surface area contributed by atoms with Crippen LogP contribution in [0.4, 0.5) is 4.39 Å². The minimum absolute atomic E-state index is 0.207. The van der Waals surface area contributed by atoms with Crippen molar-refractivity contribution in [3.8, 4) is 0 Å². The van der Waals surface area contributed by atoms with E-state index in [9.17, 15) is 4.39 Å². The molecule has 2 N–H and O–H groups in total. The van der Waals surface area contributed by atoms with E-state index < -0.39 is 0 Å². The minimum Gasteiger partial charge on any atom is -0.326 e. The van der Waals surface area contributed by atoms with Crippen LogP contribution in [0.1, 0.15) is 38.8 Å². The summed E-state index contributed by atoms with van der Waals surface area (Å²) in [7, 11) is 0. The van der Waals surface area contributed by atoms with E-state index in [1.165, 1.54) is 6.07 Å². The molecule has 1 aromatic rings. The van der Waals surface area contributed by atoms with E-state index in [1.54, 1.807) is 0 Å². The normalized spacial score (nSPS) is 11.8. The number of hydrogen-bond acceptors (Lipinski definition) is 2. The maximum absolute atomic E-state index is 13.4. The van der Waals surface area contributed by atoms with Crippen molar-refractivity contribution in [1.82, 2.24) is 4.90 Å². The summed E-state index contributed by atoms with van der Waals surface area (Å²) < 4.78 is 13.4. The van der Waals surface area contributed by atoms with Crippen molar-refractivity contribution in [2.45, 2.75) is 46.8 Å². The van der Waals surface area contributed by atoms with Crippen LogP contribution in [0.15, 0.2) is 18.2 Å². The van der Waals surface area contributed by atoms with E-state index in [0.717, 1.165) is 18.7 Å². The van der Waals surface area contributed by atoms with Crippen molar-refractivity contribution >= 4 is 0 Å². The Labute approximate surface area is 110 Å².